The number of nitrogens with one attached hydrogen (secondary N) is 2. The van der Waals surface area contributed by atoms with Gasteiger partial charge in [0.2, 0.25) is 0 Å². The third-order valence-electron chi connectivity index (χ3n) is 2.73. The Morgan fingerprint density at radius 1 is 1.05 bits per heavy atom. The van der Waals surface area contributed by atoms with Crippen LogP contribution in [0.2, 0.25) is 0 Å². The Kier molecular flexibility index (Phi) is 4.84. The predicted molar refractivity (Wildman–Crippen MR) is 84.3 cm³/mol. The second kappa shape index (κ2) is 6.81. The summed E-state index contributed by atoms with van der Waals surface area (Å²) in [5.74, 6) is -1.09. The highest BCUT2D eigenvalue weighted by molar-refractivity contribution is 7.98. The molecular formula is C15H14N2O3S. The van der Waals surface area contributed by atoms with Gasteiger partial charge in [0.1, 0.15) is 0 Å². The fraction of sp³-hybridized carbons (Fsp3) is 0.0667. The molecule has 0 aliphatic heterocycles. The number of amides is 2. The number of urea groups is 1. The van der Waals surface area contributed by atoms with E-state index in [0.717, 1.165) is 4.90 Å². The zero-order chi connectivity index (χ0) is 15.2. The Balaban J connectivity index is 2.10. The van der Waals surface area contributed by atoms with Crippen molar-refractivity contribution in [3.63, 3.8) is 0 Å². The Morgan fingerprint density at radius 3 is 2.52 bits per heavy atom. The van der Waals surface area contributed by atoms with Crippen LogP contribution in [0.4, 0.5) is 16.2 Å². The zero-order valence-electron chi connectivity index (χ0n) is 11.3. The molecular weight excluding hydrogens is 288 g/mol. The monoisotopic (exact) mass is 302 g/mol. The normalized spacial score (nSPS) is 9.95. The van der Waals surface area contributed by atoms with Gasteiger partial charge in [0.25, 0.3) is 0 Å². The van der Waals surface area contributed by atoms with E-state index >= 15 is 0 Å². The van der Waals surface area contributed by atoms with Gasteiger partial charge in [-0.15, -0.1) is 11.8 Å². The summed E-state index contributed by atoms with van der Waals surface area (Å²) in [6.45, 7) is 0. The average molecular weight is 302 g/mol. The maximum absolute atomic E-state index is 11.9. The van der Waals surface area contributed by atoms with Crippen molar-refractivity contribution in [2.45, 2.75) is 4.90 Å². The van der Waals surface area contributed by atoms with Gasteiger partial charge in [0, 0.05) is 10.6 Å². The van der Waals surface area contributed by atoms with Crippen LogP contribution in [-0.4, -0.2) is 23.4 Å². The highest BCUT2D eigenvalue weighted by Gasteiger charge is 2.11. The van der Waals surface area contributed by atoms with Gasteiger partial charge in [-0.05, 0) is 36.6 Å². The number of anilines is 2. The summed E-state index contributed by atoms with van der Waals surface area (Å²) in [4.78, 5) is 24.0. The van der Waals surface area contributed by atoms with Crippen molar-refractivity contribution in [2.24, 2.45) is 0 Å². The van der Waals surface area contributed by atoms with Crippen LogP contribution in [0.3, 0.4) is 0 Å². The number of hydrogen-bond donors (Lipinski definition) is 3. The van der Waals surface area contributed by atoms with E-state index in [1.54, 1.807) is 36.0 Å². The molecule has 0 fully saturated rings. The summed E-state index contributed by atoms with van der Waals surface area (Å²) in [5.41, 5.74) is 0.946. The maximum Gasteiger partial charge on any atom is 0.337 e. The minimum atomic E-state index is -1.09. The molecule has 0 bridgehead atoms. The standard InChI is InChI=1S/C15H14N2O3S/c1-21-11-6-4-5-10(9-11)16-15(20)17-13-8-3-2-7-12(13)14(18)19/h2-9H,1H3,(H,18,19)(H2,16,17,20). The Labute approximate surface area is 126 Å². The number of thioether (sulfide) groups is 1. The van der Waals surface area contributed by atoms with E-state index in [9.17, 15) is 9.59 Å². The summed E-state index contributed by atoms with van der Waals surface area (Å²) in [6, 6.07) is 13.1. The van der Waals surface area contributed by atoms with Gasteiger partial charge in [-0.3, -0.25) is 0 Å². The van der Waals surface area contributed by atoms with E-state index in [-0.39, 0.29) is 11.3 Å². The predicted octanol–water partition coefficient (Wildman–Crippen LogP) is 3.75. The molecule has 0 saturated heterocycles. The first-order chi connectivity index (χ1) is 10.1. The molecule has 2 amide bonds. The summed E-state index contributed by atoms with van der Waals surface area (Å²) in [6.07, 6.45) is 1.95. The quantitative estimate of drug-likeness (QED) is 0.752. The van der Waals surface area contributed by atoms with Crippen LogP contribution in [0, 0.1) is 0 Å². The number of carbonyl (C=O) groups excluding carboxylic acids is 1. The number of hydrogen-bond acceptors (Lipinski definition) is 3. The number of carboxylic acids is 1. The second-order valence-corrected chi connectivity index (χ2v) is 5.04. The number of carbonyl (C=O) groups is 2. The summed E-state index contributed by atoms with van der Waals surface area (Å²) in [7, 11) is 0. The van der Waals surface area contributed by atoms with Gasteiger partial charge >= 0.3 is 12.0 Å². The molecule has 6 heteroatoms. The van der Waals surface area contributed by atoms with Gasteiger partial charge in [0.15, 0.2) is 0 Å². The van der Waals surface area contributed by atoms with Crippen LogP contribution in [-0.2, 0) is 0 Å². The molecule has 2 aromatic carbocycles. The van der Waals surface area contributed by atoms with E-state index < -0.39 is 12.0 Å². The van der Waals surface area contributed by atoms with E-state index in [4.69, 9.17) is 5.11 Å². The molecule has 0 heterocycles. The molecule has 5 nitrogen and oxygen atoms in total. The second-order valence-electron chi connectivity index (χ2n) is 4.16. The molecule has 21 heavy (non-hydrogen) atoms. The molecule has 0 radical (unpaired) electrons. The van der Waals surface area contributed by atoms with Crippen molar-refractivity contribution < 1.29 is 14.7 Å². The van der Waals surface area contributed by atoms with Crippen LogP contribution in [0.15, 0.2) is 53.4 Å². The lowest BCUT2D eigenvalue weighted by molar-refractivity contribution is 0.0698. The first-order valence-corrected chi connectivity index (χ1v) is 7.37. The SMILES string of the molecule is CSc1cccc(NC(=O)Nc2ccccc2C(=O)O)c1. The fourth-order valence-electron chi connectivity index (χ4n) is 1.76. The third-order valence-corrected chi connectivity index (χ3v) is 3.46. The molecule has 0 aromatic heterocycles. The molecule has 2 aromatic rings. The van der Waals surface area contributed by atoms with Crippen molar-refractivity contribution >= 4 is 35.1 Å². The fourth-order valence-corrected chi connectivity index (χ4v) is 2.22. The van der Waals surface area contributed by atoms with Crippen LogP contribution in [0.1, 0.15) is 10.4 Å². The maximum atomic E-state index is 11.9. The molecule has 3 N–H and O–H groups in total. The lowest BCUT2D eigenvalue weighted by Crippen LogP contribution is -2.20. The van der Waals surface area contributed by atoms with Crippen molar-refractivity contribution in [3.8, 4) is 0 Å². The minimum absolute atomic E-state index is 0.0468. The lowest BCUT2D eigenvalue weighted by atomic mass is 10.2. The number of carboxylic acid groups (broad SMARTS) is 1. The minimum Gasteiger partial charge on any atom is -0.478 e. The molecule has 0 atom stereocenters. The average Bonchev–Trinajstić information content (AvgIpc) is 2.47. The molecule has 0 saturated carbocycles. The first kappa shape index (κ1) is 14.9. The number of rotatable bonds is 4. The molecule has 108 valence electrons. The lowest BCUT2D eigenvalue weighted by Gasteiger charge is -2.10. The number of para-hydroxylation sites is 1. The summed E-state index contributed by atoms with van der Waals surface area (Å²) >= 11 is 1.57. The van der Waals surface area contributed by atoms with Crippen LogP contribution >= 0.6 is 11.8 Å². The van der Waals surface area contributed by atoms with E-state index in [1.165, 1.54) is 6.07 Å². The van der Waals surface area contributed by atoms with E-state index in [2.05, 4.69) is 10.6 Å². The topological polar surface area (TPSA) is 78.4 Å². The van der Waals surface area contributed by atoms with Gasteiger partial charge in [-0.1, -0.05) is 18.2 Å². The number of benzene rings is 2. The van der Waals surface area contributed by atoms with Crippen LogP contribution < -0.4 is 10.6 Å². The molecule has 0 spiro atoms. The molecule has 0 aliphatic carbocycles. The highest BCUT2D eigenvalue weighted by atomic mass is 32.2. The third kappa shape index (κ3) is 4.00. The van der Waals surface area contributed by atoms with Crippen molar-refractivity contribution in [2.75, 3.05) is 16.9 Å². The first-order valence-electron chi connectivity index (χ1n) is 6.14. The number of aromatic carboxylic acids is 1. The van der Waals surface area contributed by atoms with Crippen LogP contribution in [0.25, 0.3) is 0 Å². The van der Waals surface area contributed by atoms with Crippen molar-refractivity contribution in [3.05, 3.63) is 54.1 Å². The summed E-state index contributed by atoms with van der Waals surface area (Å²) in [5, 5.41) is 14.3. The van der Waals surface area contributed by atoms with E-state index in [0.29, 0.717) is 5.69 Å². The van der Waals surface area contributed by atoms with Crippen molar-refractivity contribution in [1.82, 2.24) is 0 Å². The summed E-state index contributed by atoms with van der Waals surface area (Å²) < 4.78 is 0. The van der Waals surface area contributed by atoms with Gasteiger partial charge < -0.3 is 15.7 Å². The van der Waals surface area contributed by atoms with Gasteiger partial charge in [0.05, 0.1) is 11.3 Å². The van der Waals surface area contributed by atoms with Gasteiger partial charge in [-0.25, -0.2) is 9.59 Å². The van der Waals surface area contributed by atoms with Crippen molar-refractivity contribution in [1.29, 1.82) is 0 Å². The molecule has 0 aliphatic rings. The Bertz CT molecular complexity index is 673. The van der Waals surface area contributed by atoms with Crippen LogP contribution in [0.5, 0.6) is 0 Å². The molecule has 0 unspecified atom stereocenters. The van der Waals surface area contributed by atoms with Gasteiger partial charge in [-0.2, -0.15) is 0 Å². The highest BCUT2D eigenvalue weighted by Crippen LogP contribution is 2.20. The smallest absolute Gasteiger partial charge is 0.337 e. The Hall–Kier alpha value is -2.47. The zero-order valence-corrected chi connectivity index (χ0v) is 12.1. The largest absolute Gasteiger partial charge is 0.478 e. The Morgan fingerprint density at radius 2 is 1.81 bits per heavy atom. The van der Waals surface area contributed by atoms with E-state index in [1.807, 2.05) is 24.5 Å². The molecule has 2 rings (SSSR count).